The van der Waals surface area contributed by atoms with Crippen LogP contribution >= 0.6 is 0 Å². The lowest BCUT2D eigenvalue weighted by molar-refractivity contribution is -0.138. The highest BCUT2D eigenvalue weighted by Gasteiger charge is 2.44. The molecule has 1 aliphatic heterocycles. The fourth-order valence-corrected chi connectivity index (χ4v) is 6.75. The van der Waals surface area contributed by atoms with Gasteiger partial charge in [0.05, 0.1) is 12.3 Å². The molecule has 12 nitrogen and oxygen atoms in total. The average Bonchev–Trinajstić information content (AvgIpc) is 3.60. The number of nitrogens with zero attached hydrogens (tertiary/aromatic N) is 4. The summed E-state index contributed by atoms with van der Waals surface area (Å²) in [7, 11) is 1.66. The molecule has 0 spiro atoms. The number of piperazine rings is 1. The average molecular weight is 670 g/mol. The molecule has 1 saturated carbocycles. The van der Waals surface area contributed by atoms with Crippen LogP contribution in [0.3, 0.4) is 0 Å². The minimum atomic E-state index is -1.30. The molecule has 1 aromatic heterocycles. The van der Waals surface area contributed by atoms with Gasteiger partial charge in [-0.15, -0.1) is 0 Å². The lowest BCUT2D eigenvalue weighted by atomic mass is 9.75. The zero-order valence-corrected chi connectivity index (χ0v) is 29.0. The summed E-state index contributed by atoms with van der Waals surface area (Å²) in [6.07, 6.45) is 6.22. The molecule has 48 heavy (non-hydrogen) atoms. The van der Waals surface area contributed by atoms with Gasteiger partial charge < -0.3 is 25.6 Å². The van der Waals surface area contributed by atoms with E-state index in [1.165, 1.54) is 12.1 Å². The highest BCUT2D eigenvalue weighted by Crippen LogP contribution is 2.34. The van der Waals surface area contributed by atoms with Crippen LogP contribution in [0.4, 0.5) is 10.1 Å². The highest BCUT2D eigenvalue weighted by atomic mass is 19.1. The Morgan fingerprint density at radius 3 is 2.40 bits per heavy atom. The number of benzene rings is 1. The summed E-state index contributed by atoms with van der Waals surface area (Å²) in [5.41, 5.74) is -0.466. The number of carbonyl (C=O) groups is 4. The van der Waals surface area contributed by atoms with Gasteiger partial charge >= 0.3 is 0 Å². The first-order chi connectivity index (χ1) is 23.0. The number of hydrogen-bond acceptors (Lipinski definition) is 7. The molecule has 3 atom stereocenters. The topological polar surface area (TPSA) is 138 Å². The Balaban J connectivity index is 1.51. The van der Waals surface area contributed by atoms with E-state index in [0.717, 1.165) is 38.6 Å². The van der Waals surface area contributed by atoms with E-state index >= 15 is 4.39 Å². The summed E-state index contributed by atoms with van der Waals surface area (Å²) in [6.45, 7) is 11.4. The smallest absolute Gasteiger partial charge is 0.270 e. The number of hydrogen-bond donors (Lipinski definition) is 3. The monoisotopic (exact) mass is 669 g/mol. The molecular formula is C35H52FN7O5. The van der Waals surface area contributed by atoms with Gasteiger partial charge in [0.15, 0.2) is 0 Å². The van der Waals surface area contributed by atoms with Crippen molar-refractivity contribution in [1.29, 1.82) is 0 Å². The molecule has 4 rings (SSSR count). The summed E-state index contributed by atoms with van der Waals surface area (Å²) in [5, 5.41) is 12.8. The number of methoxy groups -OCH3 is 1. The highest BCUT2D eigenvalue weighted by molar-refractivity contribution is 6.03. The molecule has 2 aromatic rings. The van der Waals surface area contributed by atoms with Crippen LogP contribution in [-0.2, 0) is 25.7 Å². The third kappa shape index (κ3) is 8.79. The minimum Gasteiger partial charge on any atom is -0.383 e. The molecule has 0 radical (unpaired) electrons. The molecule has 2 heterocycles. The Labute approximate surface area is 283 Å². The lowest BCUT2D eigenvalue weighted by Crippen LogP contribution is -2.60. The van der Waals surface area contributed by atoms with Crippen LogP contribution in [0, 0.1) is 11.7 Å². The van der Waals surface area contributed by atoms with Crippen molar-refractivity contribution in [2.75, 3.05) is 51.8 Å². The molecule has 1 saturated heterocycles. The second kappa shape index (κ2) is 17.0. The SMILES string of the molecule is CCC(=O)N[C@@H](C(=O)N1CCN(CCOC)CC1)[C@@H](C)c1ccc(NC(=O)[C@](C)(NC(=O)c2ccnn2CC)C2CCCCC2)c(F)c1. The number of halogens is 1. The van der Waals surface area contributed by atoms with Gasteiger partial charge in [0.1, 0.15) is 23.1 Å². The van der Waals surface area contributed by atoms with E-state index in [4.69, 9.17) is 4.74 Å². The first-order valence-electron chi connectivity index (χ1n) is 17.3. The zero-order valence-electron chi connectivity index (χ0n) is 29.0. The summed E-state index contributed by atoms with van der Waals surface area (Å²) >= 11 is 0. The lowest BCUT2D eigenvalue weighted by Gasteiger charge is -2.39. The Kier molecular flexibility index (Phi) is 13.1. The van der Waals surface area contributed by atoms with Crippen molar-refractivity contribution in [2.45, 2.75) is 90.3 Å². The maximum absolute atomic E-state index is 15.8. The van der Waals surface area contributed by atoms with E-state index in [1.54, 1.807) is 55.8 Å². The summed E-state index contributed by atoms with van der Waals surface area (Å²) in [4.78, 5) is 57.6. The first kappa shape index (κ1) is 37.0. The maximum atomic E-state index is 15.8. The van der Waals surface area contributed by atoms with Gasteiger partial charge in [-0.05, 0) is 56.4 Å². The Bertz CT molecular complexity index is 1420. The molecular weight excluding hydrogens is 617 g/mol. The summed E-state index contributed by atoms with van der Waals surface area (Å²) in [5.74, 6) is -2.75. The third-order valence-corrected chi connectivity index (χ3v) is 9.98. The van der Waals surface area contributed by atoms with Crippen molar-refractivity contribution < 1.29 is 28.3 Å². The molecule has 2 aliphatic rings. The molecule has 1 aromatic carbocycles. The predicted molar refractivity (Wildman–Crippen MR) is 181 cm³/mol. The van der Waals surface area contributed by atoms with E-state index < -0.39 is 35.1 Å². The number of aromatic nitrogens is 2. The second-order valence-electron chi connectivity index (χ2n) is 13.1. The molecule has 0 unspecified atom stereocenters. The molecule has 4 amide bonds. The van der Waals surface area contributed by atoms with Crippen molar-refractivity contribution >= 4 is 29.3 Å². The Hall–Kier alpha value is -3.84. The zero-order chi connectivity index (χ0) is 34.8. The third-order valence-electron chi connectivity index (χ3n) is 9.98. The minimum absolute atomic E-state index is 0.0292. The van der Waals surface area contributed by atoms with Gasteiger partial charge in [-0.3, -0.25) is 28.8 Å². The normalized spacial score (nSPS) is 18.4. The maximum Gasteiger partial charge on any atom is 0.270 e. The van der Waals surface area contributed by atoms with Crippen molar-refractivity contribution in [3.63, 3.8) is 0 Å². The van der Waals surface area contributed by atoms with Crippen molar-refractivity contribution in [2.24, 2.45) is 5.92 Å². The number of carbonyl (C=O) groups excluding carboxylic acids is 4. The van der Waals surface area contributed by atoms with Gasteiger partial charge in [0, 0.05) is 64.9 Å². The van der Waals surface area contributed by atoms with Crippen LogP contribution in [0.1, 0.15) is 88.2 Å². The second-order valence-corrected chi connectivity index (χ2v) is 13.1. The van der Waals surface area contributed by atoms with Gasteiger partial charge in [-0.1, -0.05) is 39.2 Å². The van der Waals surface area contributed by atoms with Gasteiger partial charge in [0.25, 0.3) is 5.91 Å². The summed E-state index contributed by atoms with van der Waals surface area (Å²) in [6, 6.07) is 5.18. The fourth-order valence-electron chi connectivity index (χ4n) is 6.75. The largest absolute Gasteiger partial charge is 0.383 e. The number of amides is 4. The number of rotatable bonds is 14. The number of anilines is 1. The van der Waals surface area contributed by atoms with Crippen molar-refractivity contribution in [3.8, 4) is 0 Å². The van der Waals surface area contributed by atoms with Crippen LogP contribution in [0.15, 0.2) is 30.5 Å². The molecule has 13 heteroatoms. The van der Waals surface area contributed by atoms with E-state index in [1.807, 2.05) is 6.92 Å². The molecule has 264 valence electrons. The Morgan fingerprint density at radius 2 is 1.77 bits per heavy atom. The number of ether oxygens (including phenoxy) is 1. The van der Waals surface area contributed by atoms with Crippen LogP contribution < -0.4 is 16.0 Å². The molecule has 3 N–H and O–H groups in total. The fraction of sp³-hybridized carbons (Fsp3) is 0.629. The van der Waals surface area contributed by atoms with Crippen LogP contribution in [0.25, 0.3) is 0 Å². The van der Waals surface area contributed by atoms with Crippen molar-refractivity contribution in [3.05, 3.63) is 47.5 Å². The molecule has 1 aliphatic carbocycles. The summed E-state index contributed by atoms with van der Waals surface area (Å²) < 4.78 is 22.5. The van der Waals surface area contributed by atoms with E-state index in [-0.39, 0.29) is 29.8 Å². The van der Waals surface area contributed by atoms with E-state index in [0.29, 0.717) is 50.6 Å². The van der Waals surface area contributed by atoms with E-state index in [9.17, 15) is 19.2 Å². The standard InChI is InChI=1S/C35H52FN7O5/c1-6-30(44)39-31(33(46)42-19-17-41(18-20-42)21-22-48-5)24(3)25-13-14-28(27(36)23-25)38-34(47)35(4,26-11-9-8-10-12-26)40-32(45)29-15-16-37-43(29)7-2/h13-16,23-24,26,31H,6-12,17-22H2,1-5H3,(H,38,47)(H,39,44)(H,40,45)/t24-,31+,35+/m0/s1. The quantitative estimate of drug-likeness (QED) is 0.280. The van der Waals surface area contributed by atoms with Crippen LogP contribution in [0.2, 0.25) is 0 Å². The van der Waals surface area contributed by atoms with Crippen molar-refractivity contribution in [1.82, 2.24) is 30.2 Å². The first-order valence-corrected chi connectivity index (χ1v) is 17.3. The number of nitrogens with one attached hydrogen (secondary N) is 3. The Morgan fingerprint density at radius 1 is 1.06 bits per heavy atom. The van der Waals surface area contributed by atoms with Crippen LogP contribution in [-0.4, -0.2) is 101 Å². The van der Waals surface area contributed by atoms with Gasteiger partial charge in [0.2, 0.25) is 17.7 Å². The number of aryl methyl sites for hydroxylation is 1. The predicted octanol–water partition coefficient (Wildman–Crippen LogP) is 3.54. The van der Waals surface area contributed by atoms with Gasteiger partial charge in [-0.25, -0.2) is 4.39 Å². The van der Waals surface area contributed by atoms with Gasteiger partial charge in [-0.2, -0.15) is 5.10 Å². The van der Waals surface area contributed by atoms with E-state index in [2.05, 4.69) is 25.9 Å². The molecule has 0 bridgehead atoms. The molecule has 2 fully saturated rings. The van der Waals surface area contributed by atoms with Crippen LogP contribution in [0.5, 0.6) is 0 Å².